The summed E-state index contributed by atoms with van der Waals surface area (Å²) in [6, 6.07) is 2.58. The lowest BCUT2D eigenvalue weighted by Crippen LogP contribution is -2.62. The molecule has 3 heteroatoms. The van der Waals surface area contributed by atoms with Gasteiger partial charge < -0.3 is 5.32 Å². The van der Waals surface area contributed by atoms with Crippen LogP contribution in [-0.2, 0) is 0 Å². The fourth-order valence-electron chi connectivity index (χ4n) is 3.50. The zero-order chi connectivity index (χ0) is 9.54. The summed E-state index contributed by atoms with van der Waals surface area (Å²) in [5.74, 6) is 0.995. The van der Waals surface area contributed by atoms with Gasteiger partial charge >= 0.3 is 0 Å². The van der Waals surface area contributed by atoms with E-state index in [2.05, 4.69) is 17.1 Å². The minimum atomic E-state index is 0. The molecule has 2 unspecified atom stereocenters. The van der Waals surface area contributed by atoms with E-state index < -0.39 is 0 Å². The molecule has 0 aromatic carbocycles. The average molecular weight is 231 g/mol. The molecule has 3 rings (SSSR count). The van der Waals surface area contributed by atoms with E-state index >= 15 is 0 Å². The van der Waals surface area contributed by atoms with Gasteiger partial charge in [0.15, 0.2) is 0 Å². The number of piperazine rings is 1. The summed E-state index contributed by atoms with van der Waals surface area (Å²) < 4.78 is 0. The summed E-state index contributed by atoms with van der Waals surface area (Å²) in [5, 5.41) is 3.76. The molecule has 2 bridgehead atoms. The van der Waals surface area contributed by atoms with Crippen molar-refractivity contribution < 1.29 is 0 Å². The molecule has 0 radical (unpaired) electrons. The van der Waals surface area contributed by atoms with Gasteiger partial charge in [-0.1, -0.05) is 13.3 Å². The lowest BCUT2D eigenvalue weighted by Gasteiger charge is -2.49. The highest BCUT2D eigenvalue weighted by atomic mass is 35.5. The standard InChI is InChI=1S/C12H22N2.ClH/c1-9-5-12(6-9)14-7-10-3-2-4-11(8-14)13-10;/h9-13H,2-8H2,1H3;1H. The monoisotopic (exact) mass is 230 g/mol. The van der Waals surface area contributed by atoms with E-state index in [9.17, 15) is 0 Å². The van der Waals surface area contributed by atoms with Crippen molar-refractivity contribution in [2.75, 3.05) is 13.1 Å². The van der Waals surface area contributed by atoms with Crippen LogP contribution >= 0.6 is 12.4 Å². The molecular weight excluding hydrogens is 208 g/mol. The van der Waals surface area contributed by atoms with Gasteiger partial charge in [-0.05, 0) is 31.6 Å². The maximum absolute atomic E-state index is 3.76. The topological polar surface area (TPSA) is 15.3 Å². The van der Waals surface area contributed by atoms with Crippen LogP contribution in [-0.4, -0.2) is 36.1 Å². The van der Waals surface area contributed by atoms with E-state index in [1.54, 1.807) is 0 Å². The average Bonchev–Trinajstić information content (AvgIpc) is 2.12. The Morgan fingerprint density at radius 2 is 1.67 bits per heavy atom. The summed E-state index contributed by atoms with van der Waals surface area (Å²) in [6.07, 6.45) is 7.20. The van der Waals surface area contributed by atoms with E-state index in [0.717, 1.165) is 24.0 Å². The molecule has 88 valence electrons. The second-order valence-electron chi connectivity index (χ2n) is 5.68. The molecule has 0 aromatic rings. The Morgan fingerprint density at radius 3 is 2.20 bits per heavy atom. The molecule has 1 aliphatic carbocycles. The van der Waals surface area contributed by atoms with Gasteiger partial charge in [0.1, 0.15) is 0 Å². The van der Waals surface area contributed by atoms with E-state index in [1.165, 1.54) is 45.2 Å². The number of fused-ring (bicyclic) bond motifs is 2. The molecular formula is C12H23ClN2. The molecule has 2 nitrogen and oxygen atoms in total. The molecule has 0 amide bonds. The third kappa shape index (κ3) is 2.32. The van der Waals surface area contributed by atoms with E-state index in [-0.39, 0.29) is 12.4 Å². The van der Waals surface area contributed by atoms with Crippen molar-refractivity contribution in [3.8, 4) is 0 Å². The maximum atomic E-state index is 3.76. The third-order valence-electron chi connectivity index (χ3n) is 4.35. The summed E-state index contributed by atoms with van der Waals surface area (Å²) in [5.41, 5.74) is 0. The normalized spacial score (nSPS) is 45.4. The number of halogens is 1. The van der Waals surface area contributed by atoms with Crippen molar-refractivity contribution in [1.29, 1.82) is 0 Å². The van der Waals surface area contributed by atoms with Gasteiger partial charge in [0.2, 0.25) is 0 Å². The van der Waals surface area contributed by atoms with Gasteiger partial charge in [0.25, 0.3) is 0 Å². The van der Waals surface area contributed by atoms with Crippen molar-refractivity contribution in [3.63, 3.8) is 0 Å². The molecule has 3 aliphatic rings. The third-order valence-corrected chi connectivity index (χ3v) is 4.35. The number of rotatable bonds is 1. The van der Waals surface area contributed by atoms with Gasteiger partial charge in [-0.2, -0.15) is 0 Å². The second kappa shape index (κ2) is 4.60. The number of likely N-dealkylation sites (tertiary alicyclic amines) is 1. The van der Waals surface area contributed by atoms with Crippen LogP contribution in [0.2, 0.25) is 0 Å². The second-order valence-corrected chi connectivity index (χ2v) is 5.68. The fourth-order valence-corrected chi connectivity index (χ4v) is 3.50. The Balaban J connectivity index is 0.000000853. The largest absolute Gasteiger partial charge is 0.309 e. The smallest absolute Gasteiger partial charge is 0.0198 e. The summed E-state index contributed by atoms with van der Waals surface area (Å²) >= 11 is 0. The summed E-state index contributed by atoms with van der Waals surface area (Å²) in [6.45, 7) is 5.04. The quantitative estimate of drug-likeness (QED) is 0.742. The van der Waals surface area contributed by atoms with Crippen molar-refractivity contribution >= 4 is 12.4 Å². The molecule has 15 heavy (non-hydrogen) atoms. The molecule has 2 heterocycles. The van der Waals surface area contributed by atoms with Crippen LogP contribution in [0.3, 0.4) is 0 Å². The number of nitrogens with zero attached hydrogens (tertiary/aromatic N) is 1. The Bertz CT molecular complexity index is 204. The zero-order valence-electron chi connectivity index (χ0n) is 9.61. The first-order chi connectivity index (χ1) is 6.81. The zero-order valence-corrected chi connectivity index (χ0v) is 10.4. The van der Waals surface area contributed by atoms with Crippen molar-refractivity contribution in [2.45, 2.75) is 57.2 Å². The van der Waals surface area contributed by atoms with Gasteiger partial charge in [0.05, 0.1) is 0 Å². The van der Waals surface area contributed by atoms with Crippen LogP contribution in [0.4, 0.5) is 0 Å². The highest BCUT2D eigenvalue weighted by Crippen LogP contribution is 2.33. The molecule has 1 N–H and O–H groups in total. The predicted molar refractivity (Wildman–Crippen MR) is 65.6 cm³/mol. The van der Waals surface area contributed by atoms with Crippen molar-refractivity contribution in [3.05, 3.63) is 0 Å². The van der Waals surface area contributed by atoms with Crippen LogP contribution in [0.15, 0.2) is 0 Å². The van der Waals surface area contributed by atoms with E-state index in [1.807, 2.05) is 0 Å². The molecule has 2 saturated heterocycles. The van der Waals surface area contributed by atoms with Crippen LogP contribution < -0.4 is 5.32 Å². The van der Waals surface area contributed by atoms with Crippen LogP contribution in [0.1, 0.15) is 39.0 Å². The first kappa shape index (κ1) is 11.7. The van der Waals surface area contributed by atoms with Crippen LogP contribution in [0, 0.1) is 5.92 Å². The summed E-state index contributed by atoms with van der Waals surface area (Å²) in [4.78, 5) is 2.77. The molecule has 3 fully saturated rings. The fraction of sp³-hybridized carbons (Fsp3) is 1.00. The van der Waals surface area contributed by atoms with Gasteiger partial charge in [0, 0.05) is 31.2 Å². The Labute approximate surface area is 99.2 Å². The SMILES string of the molecule is CC1CC(N2CC3CCCC(C2)N3)C1.Cl. The number of hydrogen-bond acceptors (Lipinski definition) is 2. The number of nitrogens with one attached hydrogen (secondary N) is 1. The molecule has 0 spiro atoms. The van der Waals surface area contributed by atoms with Crippen molar-refractivity contribution in [2.24, 2.45) is 5.92 Å². The summed E-state index contributed by atoms with van der Waals surface area (Å²) in [7, 11) is 0. The van der Waals surface area contributed by atoms with Crippen molar-refractivity contribution in [1.82, 2.24) is 10.2 Å². The van der Waals surface area contributed by atoms with Gasteiger partial charge in [-0.15, -0.1) is 12.4 Å². The van der Waals surface area contributed by atoms with Crippen LogP contribution in [0.25, 0.3) is 0 Å². The van der Waals surface area contributed by atoms with Gasteiger partial charge in [-0.3, -0.25) is 4.90 Å². The molecule has 2 aliphatic heterocycles. The Kier molecular flexibility index (Phi) is 3.59. The first-order valence-corrected chi connectivity index (χ1v) is 6.31. The Hall–Kier alpha value is 0.210. The number of piperidine rings is 1. The molecule has 0 aromatic heterocycles. The van der Waals surface area contributed by atoms with Crippen LogP contribution in [0.5, 0.6) is 0 Å². The molecule has 1 saturated carbocycles. The Morgan fingerprint density at radius 1 is 1.07 bits per heavy atom. The van der Waals surface area contributed by atoms with Gasteiger partial charge in [-0.25, -0.2) is 0 Å². The highest BCUT2D eigenvalue weighted by molar-refractivity contribution is 5.85. The lowest BCUT2D eigenvalue weighted by molar-refractivity contribution is 0.0293. The van der Waals surface area contributed by atoms with E-state index in [0.29, 0.717) is 0 Å². The maximum Gasteiger partial charge on any atom is 0.0198 e. The predicted octanol–water partition coefficient (Wildman–Crippen LogP) is 2.03. The first-order valence-electron chi connectivity index (χ1n) is 6.31. The minimum absolute atomic E-state index is 0. The lowest BCUT2D eigenvalue weighted by atomic mass is 9.79. The number of hydrogen-bond donors (Lipinski definition) is 1. The molecule has 2 atom stereocenters. The van der Waals surface area contributed by atoms with E-state index in [4.69, 9.17) is 0 Å². The highest BCUT2D eigenvalue weighted by Gasteiger charge is 2.37. The minimum Gasteiger partial charge on any atom is -0.309 e.